The highest BCUT2D eigenvalue weighted by Gasteiger charge is 2.30. The molecule has 9 heteroatoms. The SMILES string of the molecule is COc1ccc(S(=O)(=O)N2CCN(C(=O)CSc3cc(C)c4ccccc4n3)CC2)cc1. The summed E-state index contributed by atoms with van der Waals surface area (Å²) < 4.78 is 32.3. The van der Waals surface area contributed by atoms with Crippen molar-refractivity contribution in [1.29, 1.82) is 0 Å². The molecule has 1 aromatic heterocycles. The molecule has 0 radical (unpaired) electrons. The van der Waals surface area contributed by atoms with Crippen molar-refractivity contribution in [2.75, 3.05) is 39.0 Å². The van der Waals surface area contributed by atoms with E-state index in [1.807, 2.05) is 37.3 Å². The number of hydrogen-bond acceptors (Lipinski definition) is 6. The standard InChI is InChI=1S/C23H25N3O4S2/c1-17-15-22(24-21-6-4-3-5-20(17)21)31-16-23(27)25-11-13-26(14-12-25)32(28,29)19-9-7-18(30-2)8-10-19/h3-10,15H,11-14,16H2,1-2H3. The Hall–Kier alpha value is -2.62. The van der Waals surface area contributed by atoms with E-state index in [0.717, 1.165) is 21.5 Å². The van der Waals surface area contributed by atoms with E-state index in [1.165, 1.54) is 23.2 Å². The van der Waals surface area contributed by atoms with Gasteiger partial charge in [-0.15, -0.1) is 0 Å². The largest absolute Gasteiger partial charge is 0.497 e. The molecule has 0 bridgehead atoms. The van der Waals surface area contributed by atoms with Crippen LogP contribution >= 0.6 is 11.8 Å². The predicted octanol–water partition coefficient (Wildman–Crippen LogP) is 3.18. The van der Waals surface area contributed by atoms with Gasteiger partial charge in [0, 0.05) is 31.6 Å². The molecule has 3 aromatic rings. The number of aryl methyl sites for hydroxylation is 1. The molecule has 1 amide bonds. The minimum atomic E-state index is -3.59. The number of rotatable bonds is 6. The number of para-hydroxylation sites is 1. The molecule has 7 nitrogen and oxygen atoms in total. The fraction of sp³-hybridized carbons (Fsp3) is 0.304. The predicted molar refractivity (Wildman–Crippen MR) is 126 cm³/mol. The molecule has 0 atom stereocenters. The molecule has 1 aliphatic rings. The van der Waals surface area contributed by atoms with Gasteiger partial charge in [-0.2, -0.15) is 4.31 Å². The number of aromatic nitrogens is 1. The summed E-state index contributed by atoms with van der Waals surface area (Å²) in [4.78, 5) is 19.3. The van der Waals surface area contributed by atoms with Gasteiger partial charge in [0.25, 0.3) is 0 Å². The van der Waals surface area contributed by atoms with Crippen molar-refractivity contribution in [1.82, 2.24) is 14.2 Å². The molecule has 1 aliphatic heterocycles. The normalized spacial score (nSPS) is 15.1. The molecule has 1 saturated heterocycles. The Balaban J connectivity index is 1.34. The van der Waals surface area contributed by atoms with E-state index in [4.69, 9.17) is 4.74 Å². The number of thioether (sulfide) groups is 1. The fourth-order valence-corrected chi connectivity index (χ4v) is 5.99. The van der Waals surface area contributed by atoms with Crippen molar-refractivity contribution in [2.45, 2.75) is 16.8 Å². The molecule has 168 valence electrons. The van der Waals surface area contributed by atoms with Gasteiger partial charge in [0.05, 0.1) is 28.3 Å². The monoisotopic (exact) mass is 471 g/mol. The van der Waals surface area contributed by atoms with Gasteiger partial charge in [-0.1, -0.05) is 30.0 Å². The molecule has 2 heterocycles. The van der Waals surface area contributed by atoms with E-state index >= 15 is 0 Å². The number of methoxy groups -OCH3 is 1. The molecular formula is C23H25N3O4S2. The third-order valence-corrected chi connectivity index (χ3v) is 8.34. The van der Waals surface area contributed by atoms with E-state index in [2.05, 4.69) is 4.98 Å². The number of sulfonamides is 1. The van der Waals surface area contributed by atoms with Crippen LogP contribution in [0.25, 0.3) is 10.9 Å². The Bertz CT molecular complexity index is 1220. The second kappa shape index (κ2) is 9.48. The maximum absolute atomic E-state index is 12.9. The smallest absolute Gasteiger partial charge is 0.243 e. The Morgan fingerprint density at radius 2 is 1.75 bits per heavy atom. The van der Waals surface area contributed by atoms with Crippen molar-refractivity contribution < 1.29 is 17.9 Å². The number of benzene rings is 2. The zero-order valence-electron chi connectivity index (χ0n) is 18.0. The summed E-state index contributed by atoms with van der Waals surface area (Å²) in [5.74, 6) is 0.868. The van der Waals surface area contributed by atoms with Gasteiger partial charge in [0.1, 0.15) is 5.75 Å². The maximum atomic E-state index is 12.9. The molecule has 2 aromatic carbocycles. The van der Waals surface area contributed by atoms with E-state index in [0.29, 0.717) is 18.8 Å². The zero-order chi connectivity index (χ0) is 22.7. The number of fused-ring (bicyclic) bond motifs is 1. The Morgan fingerprint density at radius 3 is 2.44 bits per heavy atom. The summed E-state index contributed by atoms with van der Waals surface area (Å²) in [5, 5.41) is 1.92. The minimum Gasteiger partial charge on any atom is -0.497 e. The van der Waals surface area contributed by atoms with Gasteiger partial charge in [-0.25, -0.2) is 13.4 Å². The van der Waals surface area contributed by atoms with Crippen LogP contribution in [0.3, 0.4) is 0 Å². The maximum Gasteiger partial charge on any atom is 0.243 e. The summed E-state index contributed by atoms with van der Waals surface area (Å²) in [6.07, 6.45) is 0. The van der Waals surface area contributed by atoms with Crippen molar-refractivity contribution in [3.63, 3.8) is 0 Å². The molecule has 0 saturated carbocycles. The van der Waals surface area contributed by atoms with Gasteiger partial charge in [-0.3, -0.25) is 4.79 Å². The Morgan fingerprint density at radius 1 is 1.06 bits per heavy atom. The summed E-state index contributed by atoms with van der Waals surface area (Å²) in [6, 6.07) is 16.3. The number of nitrogens with zero attached hydrogens (tertiary/aromatic N) is 3. The first kappa shape index (κ1) is 22.6. The molecule has 0 spiro atoms. The lowest BCUT2D eigenvalue weighted by molar-refractivity contribution is -0.129. The van der Waals surface area contributed by atoms with Gasteiger partial charge < -0.3 is 9.64 Å². The van der Waals surface area contributed by atoms with Crippen molar-refractivity contribution in [3.05, 3.63) is 60.2 Å². The first-order valence-electron chi connectivity index (χ1n) is 10.3. The van der Waals surface area contributed by atoms with Crippen LogP contribution in [-0.2, 0) is 14.8 Å². The first-order chi connectivity index (χ1) is 15.4. The van der Waals surface area contributed by atoms with Crippen LogP contribution in [0.15, 0.2) is 64.5 Å². The summed E-state index contributed by atoms with van der Waals surface area (Å²) >= 11 is 1.41. The van der Waals surface area contributed by atoms with E-state index < -0.39 is 10.0 Å². The molecule has 4 rings (SSSR count). The van der Waals surface area contributed by atoms with Crippen molar-refractivity contribution in [3.8, 4) is 5.75 Å². The molecule has 32 heavy (non-hydrogen) atoms. The number of hydrogen-bond donors (Lipinski definition) is 0. The number of amides is 1. The first-order valence-corrected chi connectivity index (χ1v) is 12.7. The zero-order valence-corrected chi connectivity index (χ0v) is 19.7. The van der Waals surface area contributed by atoms with Crippen molar-refractivity contribution >= 4 is 38.6 Å². The number of pyridine rings is 1. The van der Waals surface area contributed by atoms with Crippen LogP contribution in [0.4, 0.5) is 0 Å². The summed E-state index contributed by atoms with van der Waals surface area (Å²) in [6.45, 7) is 3.34. The Kier molecular flexibility index (Phi) is 6.68. The van der Waals surface area contributed by atoms with Gasteiger partial charge >= 0.3 is 0 Å². The average molecular weight is 472 g/mol. The van der Waals surface area contributed by atoms with Crippen LogP contribution in [0.5, 0.6) is 5.75 Å². The molecule has 1 fully saturated rings. The van der Waals surface area contributed by atoms with Gasteiger partial charge in [-0.05, 0) is 48.9 Å². The van der Waals surface area contributed by atoms with Crippen LogP contribution in [-0.4, -0.2) is 67.6 Å². The highest BCUT2D eigenvalue weighted by molar-refractivity contribution is 7.99. The lowest BCUT2D eigenvalue weighted by Gasteiger charge is -2.34. The van der Waals surface area contributed by atoms with Crippen LogP contribution in [0, 0.1) is 6.92 Å². The van der Waals surface area contributed by atoms with Gasteiger partial charge in [0.15, 0.2) is 0 Å². The van der Waals surface area contributed by atoms with Gasteiger partial charge in [0.2, 0.25) is 15.9 Å². The van der Waals surface area contributed by atoms with E-state index in [9.17, 15) is 13.2 Å². The highest BCUT2D eigenvalue weighted by atomic mass is 32.2. The number of carbonyl (C=O) groups is 1. The third kappa shape index (κ3) is 4.74. The lowest BCUT2D eigenvalue weighted by atomic mass is 10.1. The van der Waals surface area contributed by atoms with Crippen LogP contribution in [0.1, 0.15) is 5.56 Å². The second-order valence-electron chi connectivity index (χ2n) is 7.54. The second-order valence-corrected chi connectivity index (χ2v) is 10.5. The lowest BCUT2D eigenvalue weighted by Crippen LogP contribution is -2.50. The van der Waals surface area contributed by atoms with Crippen molar-refractivity contribution in [2.24, 2.45) is 0 Å². The summed E-state index contributed by atoms with van der Waals surface area (Å²) in [5.41, 5.74) is 2.04. The Labute approximate surface area is 192 Å². The molecule has 0 unspecified atom stereocenters. The number of ether oxygens (including phenoxy) is 1. The molecule has 0 N–H and O–H groups in total. The fourth-order valence-electron chi connectivity index (χ4n) is 3.69. The van der Waals surface area contributed by atoms with E-state index in [1.54, 1.807) is 29.2 Å². The van der Waals surface area contributed by atoms with Crippen LogP contribution < -0.4 is 4.74 Å². The van der Waals surface area contributed by atoms with Crippen LogP contribution in [0.2, 0.25) is 0 Å². The average Bonchev–Trinajstić information content (AvgIpc) is 2.82. The molecular weight excluding hydrogens is 446 g/mol. The minimum absolute atomic E-state index is 0.0101. The van der Waals surface area contributed by atoms with E-state index in [-0.39, 0.29) is 29.6 Å². The number of piperazine rings is 1. The highest BCUT2D eigenvalue weighted by Crippen LogP contribution is 2.25. The number of carbonyl (C=O) groups excluding carboxylic acids is 1. The quantitative estimate of drug-likeness (QED) is 0.514. The topological polar surface area (TPSA) is 79.8 Å². The third-order valence-electron chi connectivity index (χ3n) is 5.53. The summed E-state index contributed by atoms with van der Waals surface area (Å²) in [7, 11) is -2.06. The molecule has 0 aliphatic carbocycles.